The Morgan fingerprint density at radius 3 is 2.38 bits per heavy atom. The van der Waals surface area contributed by atoms with E-state index in [1.807, 2.05) is 0 Å². The van der Waals surface area contributed by atoms with E-state index in [1.165, 1.54) is 19.1 Å². The molecule has 0 aliphatic rings. The minimum atomic E-state index is -1.83. The molecule has 1 N–H and O–H groups in total. The van der Waals surface area contributed by atoms with Crippen LogP contribution < -0.4 is 0 Å². The molecule has 13 heavy (non-hydrogen) atoms. The monoisotopic (exact) mass is 182 g/mol. The Balaban J connectivity index is 2.80. The zero-order valence-electron chi connectivity index (χ0n) is 7.27. The summed E-state index contributed by atoms with van der Waals surface area (Å²) in [4.78, 5) is 11.3. The Morgan fingerprint density at radius 1 is 1.38 bits per heavy atom. The molecule has 2 nitrogen and oxygen atoms in total. The number of aliphatic hydroxyl groups is 1. The highest BCUT2D eigenvalue weighted by atomic mass is 19.1. The van der Waals surface area contributed by atoms with Gasteiger partial charge >= 0.3 is 0 Å². The van der Waals surface area contributed by atoms with E-state index in [1.54, 1.807) is 18.2 Å². The smallest absolute Gasteiger partial charge is 0.199 e. The van der Waals surface area contributed by atoms with Gasteiger partial charge < -0.3 is 5.11 Å². The third-order valence-electron chi connectivity index (χ3n) is 1.73. The predicted molar refractivity (Wildman–Crippen MR) is 47.3 cm³/mol. The number of alkyl halides is 1. The molecule has 0 spiro atoms. The molecule has 0 radical (unpaired) electrons. The van der Waals surface area contributed by atoms with E-state index in [0.717, 1.165) is 0 Å². The van der Waals surface area contributed by atoms with Crippen LogP contribution in [0.25, 0.3) is 0 Å². The summed E-state index contributed by atoms with van der Waals surface area (Å²) in [6.45, 7) is 1.26. The SMILES string of the molecule is C[C@@H](O)[C@@H](F)C(=O)c1ccccc1. The van der Waals surface area contributed by atoms with E-state index in [9.17, 15) is 9.18 Å². The molecule has 70 valence electrons. The van der Waals surface area contributed by atoms with E-state index < -0.39 is 18.1 Å². The molecule has 0 fully saturated rings. The molecule has 0 bridgehead atoms. The molecule has 1 aromatic rings. The summed E-state index contributed by atoms with van der Waals surface area (Å²) < 4.78 is 13.0. The second-order valence-corrected chi connectivity index (χ2v) is 2.87. The Hall–Kier alpha value is -1.22. The summed E-state index contributed by atoms with van der Waals surface area (Å²) in [5.41, 5.74) is 0.288. The van der Waals surface area contributed by atoms with Crippen molar-refractivity contribution in [1.82, 2.24) is 0 Å². The van der Waals surface area contributed by atoms with Crippen LogP contribution in [-0.4, -0.2) is 23.2 Å². The summed E-state index contributed by atoms with van der Waals surface area (Å²) in [6.07, 6.45) is -3.09. The number of Topliss-reactive ketones (excluding diaryl/α,β-unsaturated/α-hetero) is 1. The van der Waals surface area contributed by atoms with Crippen LogP contribution in [0.3, 0.4) is 0 Å². The minimum Gasteiger partial charge on any atom is -0.390 e. The average Bonchev–Trinajstić information content (AvgIpc) is 2.17. The maximum absolute atomic E-state index is 13.0. The molecule has 2 atom stereocenters. The fourth-order valence-electron chi connectivity index (χ4n) is 0.981. The summed E-state index contributed by atoms with van der Waals surface area (Å²) in [7, 11) is 0. The van der Waals surface area contributed by atoms with Gasteiger partial charge in [0, 0.05) is 5.56 Å². The third kappa shape index (κ3) is 2.36. The van der Waals surface area contributed by atoms with Crippen LogP contribution in [0.1, 0.15) is 17.3 Å². The number of hydrogen-bond donors (Lipinski definition) is 1. The molecule has 3 heteroatoms. The van der Waals surface area contributed by atoms with Crippen LogP contribution in [0.15, 0.2) is 30.3 Å². The molecule has 0 saturated heterocycles. The van der Waals surface area contributed by atoms with Crippen molar-refractivity contribution in [3.63, 3.8) is 0 Å². The molecule has 0 aromatic heterocycles. The molecule has 0 amide bonds. The predicted octanol–water partition coefficient (Wildman–Crippen LogP) is 1.59. The standard InChI is InChI=1S/C10H11FO2/c1-7(12)9(11)10(13)8-5-3-2-4-6-8/h2-7,9,12H,1H3/t7-,9-/m1/s1. The number of carbonyl (C=O) groups excluding carboxylic acids is 1. The van der Waals surface area contributed by atoms with E-state index in [2.05, 4.69) is 0 Å². The molecule has 0 aliphatic heterocycles. The van der Waals surface area contributed by atoms with Gasteiger partial charge in [0.1, 0.15) is 0 Å². The molecule has 1 rings (SSSR count). The first-order valence-electron chi connectivity index (χ1n) is 4.04. The van der Waals surface area contributed by atoms with Gasteiger partial charge in [-0.15, -0.1) is 0 Å². The van der Waals surface area contributed by atoms with Crippen molar-refractivity contribution in [1.29, 1.82) is 0 Å². The van der Waals surface area contributed by atoms with Gasteiger partial charge in [-0.1, -0.05) is 30.3 Å². The van der Waals surface area contributed by atoms with Crippen LogP contribution in [0.2, 0.25) is 0 Å². The molecule has 0 aliphatic carbocycles. The van der Waals surface area contributed by atoms with E-state index in [-0.39, 0.29) is 5.56 Å². The molecular weight excluding hydrogens is 171 g/mol. The van der Waals surface area contributed by atoms with Crippen molar-refractivity contribution in [2.75, 3.05) is 0 Å². The molecule has 1 aromatic carbocycles. The summed E-state index contributed by atoms with van der Waals surface area (Å²) in [6, 6.07) is 8.10. The zero-order valence-corrected chi connectivity index (χ0v) is 7.27. The number of rotatable bonds is 3. The first-order valence-corrected chi connectivity index (χ1v) is 4.04. The van der Waals surface area contributed by atoms with Gasteiger partial charge in [-0.2, -0.15) is 0 Å². The van der Waals surface area contributed by atoms with E-state index >= 15 is 0 Å². The number of hydrogen-bond acceptors (Lipinski definition) is 2. The van der Waals surface area contributed by atoms with Gasteiger partial charge in [-0.3, -0.25) is 4.79 Å². The lowest BCUT2D eigenvalue weighted by Gasteiger charge is -2.09. The minimum absolute atomic E-state index is 0.288. The second kappa shape index (κ2) is 4.14. The van der Waals surface area contributed by atoms with Crippen molar-refractivity contribution < 1.29 is 14.3 Å². The maximum atomic E-state index is 13.0. The Morgan fingerprint density at radius 2 is 1.92 bits per heavy atom. The topological polar surface area (TPSA) is 37.3 Å². The van der Waals surface area contributed by atoms with Crippen molar-refractivity contribution in [2.45, 2.75) is 19.2 Å². The average molecular weight is 182 g/mol. The van der Waals surface area contributed by atoms with Crippen molar-refractivity contribution in [2.24, 2.45) is 0 Å². The van der Waals surface area contributed by atoms with Gasteiger partial charge in [0.15, 0.2) is 12.0 Å². The fraction of sp³-hybridized carbons (Fsp3) is 0.300. The van der Waals surface area contributed by atoms with Crippen molar-refractivity contribution >= 4 is 5.78 Å². The summed E-state index contributed by atoms with van der Waals surface area (Å²) in [5.74, 6) is -0.671. The maximum Gasteiger partial charge on any atom is 0.199 e. The molecular formula is C10H11FO2. The largest absolute Gasteiger partial charge is 0.390 e. The normalized spacial score (nSPS) is 15.0. The summed E-state index contributed by atoms with van der Waals surface area (Å²) >= 11 is 0. The van der Waals surface area contributed by atoms with Gasteiger partial charge in [0.05, 0.1) is 6.10 Å². The van der Waals surface area contributed by atoms with Gasteiger partial charge in [0.2, 0.25) is 0 Å². The lowest BCUT2D eigenvalue weighted by Crippen LogP contribution is -2.27. The van der Waals surface area contributed by atoms with Crippen molar-refractivity contribution in [3.8, 4) is 0 Å². The summed E-state index contributed by atoms with van der Waals surface area (Å²) in [5, 5.41) is 8.86. The second-order valence-electron chi connectivity index (χ2n) is 2.87. The highest BCUT2D eigenvalue weighted by Crippen LogP contribution is 2.08. The molecule has 0 unspecified atom stereocenters. The van der Waals surface area contributed by atoms with E-state index in [0.29, 0.717) is 0 Å². The number of ketones is 1. The number of halogens is 1. The zero-order chi connectivity index (χ0) is 9.84. The number of aliphatic hydroxyl groups excluding tert-OH is 1. The number of carbonyl (C=O) groups is 1. The lowest BCUT2D eigenvalue weighted by atomic mass is 10.0. The quantitative estimate of drug-likeness (QED) is 0.721. The van der Waals surface area contributed by atoms with Crippen molar-refractivity contribution in [3.05, 3.63) is 35.9 Å². The number of benzene rings is 1. The first kappa shape index (κ1) is 9.86. The van der Waals surface area contributed by atoms with Gasteiger partial charge in [-0.25, -0.2) is 4.39 Å². The highest BCUT2D eigenvalue weighted by molar-refractivity contribution is 5.99. The van der Waals surface area contributed by atoms with Gasteiger partial charge in [-0.05, 0) is 6.92 Å². The van der Waals surface area contributed by atoms with Crippen LogP contribution >= 0.6 is 0 Å². The van der Waals surface area contributed by atoms with Crippen LogP contribution in [0.4, 0.5) is 4.39 Å². The Bertz CT molecular complexity index is 282. The van der Waals surface area contributed by atoms with Crippen LogP contribution in [-0.2, 0) is 0 Å². The third-order valence-corrected chi connectivity index (χ3v) is 1.73. The Kier molecular flexibility index (Phi) is 3.14. The first-order chi connectivity index (χ1) is 6.13. The fourth-order valence-corrected chi connectivity index (χ4v) is 0.981. The lowest BCUT2D eigenvalue weighted by molar-refractivity contribution is 0.0613. The van der Waals surface area contributed by atoms with E-state index in [4.69, 9.17) is 5.11 Å². The molecule has 0 heterocycles. The van der Waals surface area contributed by atoms with Crippen LogP contribution in [0.5, 0.6) is 0 Å². The van der Waals surface area contributed by atoms with Gasteiger partial charge in [0.25, 0.3) is 0 Å². The van der Waals surface area contributed by atoms with Crippen LogP contribution in [0, 0.1) is 0 Å². The molecule has 0 saturated carbocycles. The highest BCUT2D eigenvalue weighted by Gasteiger charge is 2.23. The Labute approximate surface area is 76.0 Å².